The number of anilines is 1. The third-order valence-corrected chi connectivity index (χ3v) is 3.64. The maximum absolute atomic E-state index is 12.2. The summed E-state index contributed by atoms with van der Waals surface area (Å²) >= 11 is 1.26. The van der Waals surface area contributed by atoms with Crippen LogP contribution in [0.2, 0.25) is 0 Å². The van der Waals surface area contributed by atoms with Crippen LogP contribution in [0.5, 0.6) is 0 Å². The summed E-state index contributed by atoms with van der Waals surface area (Å²) in [5.41, 5.74) is 5.92. The molecular formula is C11H16N4O2S. The molecule has 0 bridgehead atoms. The number of hydrogen-bond acceptors (Lipinski definition) is 5. The van der Waals surface area contributed by atoms with Gasteiger partial charge in [0.05, 0.1) is 0 Å². The Kier molecular flexibility index (Phi) is 3.81. The summed E-state index contributed by atoms with van der Waals surface area (Å²) in [5, 5.41) is 2.07. The van der Waals surface area contributed by atoms with Crippen molar-refractivity contribution in [1.82, 2.24) is 14.8 Å². The molecule has 0 aliphatic carbocycles. The molecule has 1 aliphatic rings. The summed E-state index contributed by atoms with van der Waals surface area (Å²) in [6, 6.07) is 0. The van der Waals surface area contributed by atoms with Crippen molar-refractivity contribution in [2.24, 2.45) is 0 Å². The first kappa shape index (κ1) is 12.8. The molecule has 2 N–H and O–H groups in total. The summed E-state index contributed by atoms with van der Waals surface area (Å²) < 4.78 is 0. The molecule has 7 heteroatoms. The first-order valence-electron chi connectivity index (χ1n) is 5.83. The number of aromatic nitrogens is 1. The molecule has 0 atom stereocenters. The molecule has 98 valence electrons. The van der Waals surface area contributed by atoms with E-state index < -0.39 is 0 Å². The third kappa shape index (κ3) is 2.79. The molecule has 1 aliphatic heterocycles. The lowest BCUT2D eigenvalue weighted by Gasteiger charge is -2.20. The number of hydrogen-bond donors (Lipinski definition) is 1. The van der Waals surface area contributed by atoms with Gasteiger partial charge < -0.3 is 15.5 Å². The number of nitrogen functional groups attached to an aromatic ring is 1. The van der Waals surface area contributed by atoms with Gasteiger partial charge >= 0.3 is 0 Å². The van der Waals surface area contributed by atoms with E-state index in [0.29, 0.717) is 37.0 Å². The molecule has 0 radical (unpaired) electrons. The van der Waals surface area contributed by atoms with Crippen LogP contribution in [-0.2, 0) is 4.79 Å². The van der Waals surface area contributed by atoms with E-state index in [4.69, 9.17) is 5.73 Å². The fourth-order valence-electron chi connectivity index (χ4n) is 1.98. The molecule has 0 spiro atoms. The van der Waals surface area contributed by atoms with Crippen molar-refractivity contribution in [1.29, 1.82) is 0 Å². The van der Waals surface area contributed by atoms with Crippen LogP contribution in [0, 0.1) is 0 Å². The average Bonchev–Trinajstić information content (AvgIpc) is 2.63. The van der Waals surface area contributed by atoms with Crippen LogP contribution in [0.25, 0.3) is 0 Å². The molecule has 6 nitrogen and oxygen atoms in total. The van der Waals surface area contributed by atoms with Crippen LogP contribution in [0.4, 0.5) is 5.13 Å². The highest BCUT2D eigenvalue weighted by atomic mass is 32.1. The topological polar surface area (TPSA) is 79.5 Å². The van der Waals surface area contributed by atoms with Crippen LogP contribution in [-0.4, -0.2) is 52.8 Å². The second-order valence-corrected chi connectivity index (χ2v) is 5.11. The average molecular weight is 268 g/mol. The van der Waals surface area contributed by atoms with E-state index >= 15 is 0 Å². The second kappa shape index (κ2) is 5.34. The lowest BCUT2D eigenvalue weighted by molar-refractivity contribution is -0.128. The molecule has 0 saturated carbocycles. The fourth-order valence-corrected chi connectivity index (χ4v) is 2.52. The Morgan fingerprint density at radius 2 is 1.94 bits per heavy atom. The van der Waals surface area contributed by atoms with Crippen molar-refractivity contribution in [2.45, 2.75) is 13.3 Å². The van der Waals surface area contributed by atoms with Gasteiger partial charge in [0.15, 0.2) is 5.13 Å². The lowest BCUT2D eigenvalue weighted by atomic mass is 10.3. The van der Waals surface area contributed by atoms with Gasteiger partial charge in [-0.15, -0.1) is 11.3 Å². The van der Waals surface area contributed by atoms with Crippen LogP contribution < -0.4 is 5.73 Å². The van der Waals surface area contributed by atoms with Crippen LogP contribution in [0.15, 0.2) is 5.38 Å². The summed E-state index contributed by atoms with van der Waals surface area (Å²) in [7, 11) is 0. The Morgan fingerprint density at radius 3 is 2.56 bits per heavy atom. The van der Waals surface area contributed by atoms with Gasteiger partial charge in [-0.3, -0.25) is 9.59 Å². The zero-order chi connectivity index (χ0) is 13.1. The number of nitrogens with two attached hydrogens (primary N) is 1. The van der Waals surface area contributed by atoms with E-state index in [1.54, 1.807) is 22.1 Å². The molecule has 1 fully saturated rings. The van der Waals surface area contributed by atoms with Crippen molar-refractivity contribution in [3.8, 4) is 0 Å². The number of thiazole rings is 1. The van der Waals surface area contributed by atoms with Crippen molar-refractivity contribution in [3.63, 3.8) is 0 Å². The highest BCUT2D eigenvalue weighted by Crippen LogP contribution is 2.14. The van der Waals surface area contributed by atoms with Crippen molar-refractivity contribution in [2.75, 3.05) is 31.9 Å². The fraction of sp³-hybridized carbons (Fsp3) is 0.545. The smallest absolute Gasteiger partial charge is 0.273 e. The van der Waals surface area contributed by atoms with E-state index in [2.05, 4.69) is 4.98 Å². The summed E-state index contributed by atoms with van der Waals surface area (Å²) in [6.45, 7) is 4.05. The molecule has 2 rings (SSSR count). The van der Waals surface area contributed by atoms with Crippen LogP contribution in [0.3, 0.4) is 0 Å². The minimum Gasteiger partial charge on any atom is -0.375 e. The minimum atomic E-state index is -0.103. The van der Waals surface area contributed by atoms with Crippen molar-refractivity contribution < 1.29 is 9.59 Å². The maximum atomic E-state index is 12.2. The van der Waals surface area contributed by atoms with Gasteiger partial charge in [0, 0.05) is 38.5 Å². The summed E-state index contributed by atoms with van der Waals surface area (Å²) in [5.74, 6) is -0.0458. The quantitative estimate of drug-likeness (QED) is 0.800. The van der Waals surface area contributed by atoms with E-state index in [1.807, 2.05) is 0 Å². The monoisotopic (exact) mass is 268 g/mol. The van der Waals surface area contributed by atoms with Crippen molar-refractivity contribution >= 4 is 28.3 Å². The summed E-state index contributed by atoms with van der Waals surface area (Å²) in [6.07, 6.45) is 0.797. The Bertz CT molecular complexity index is 460. The van der Waals surface area contributed by atoms with Gasteiger partial charge in [0.1, 0.15) is 5.69 Å². The predicted molar refractivity (Wildman–Crippen MR) is 69.3 cm³/mol. The van der Waals surface area contributed by atoms with Gasteiger partial charge in [-0.25, -0.2) is 4.98 Å². The Labute approximate surface area is 109 Å². The molecule has 1 aromatic heterocycles. The zero-order valence-electron chi connectivity index (χ0n) is 10.3. The molecule has 2 amide bonds. The SMILES string of the molecule is CC(=O)N1CCCN(C(=O)c2csc(N)n2)CC1. The normalized spacial score (nSPS) is 16.5. The van der Waals surface area contributed by atoms with Crippen LogP contribution in [0.1, 0.15) is 23.8 Å². The van der Waals surface area contributed by atoms with Gasteiger partial charge in [-0.2, -0.15) is 0 Å². The number of amides is 2. The largest absolute Gasteiger partial charge is 0.375 e. The Morgan fingerprint density at radius 1 is 1.28 bits per heavy atom. The molecule has 1 aromatic rings. The van der Waals surface area contributed by atoms with Crippen molar-refractivity contribution in [3.05, 3.63) is 11.1 Å². The Hall–Kier alpha value is -1.63. The standard InChI is InChI=1S/C11H16N4O2S/c1-8(16)14-3-2-4-15(6-5-14)10(17)9-7-18-11(12)13-9/h7H,2-6H2,1H3,(H2,12,13). The summed E-state index contributed by atoms with van der Waals surface area (Å²) in [4.78, 5) is 30.9. The van der Waals surface area contributed by atoms with E-state index in [1.165, 1.54) is 11.3 Å². The predicted octanol–water partition coefficient (Wildman–Crippen LogP) is 0.420. The van der Waals surface area contributed by atoms with Gasteiger partial charge in [-0.05, 0) is 6.42 Å². The number of nitrogens with zero attached hydrogens (tertiary/aromatic N) is 3. The van der Waals surface area contributed by atoms with Gasteiger partial charge in [0.2, 0.25) is 5.91 Å². The number of carbonyl (C=O) groups is 2. The molecule has 1 saturated heterocycles. The molecular weight excluding hydrogens is 252 g/mol. The highest BCUT2D eigenvalue weighted by molar-refractivity contribution is 7.13. The first-order valence-corrected chi connectivity index (χ1v) is 6.71. The van der Waals surface area contributed by atoms with Gasteiger partial charge in [0.25, 0.3) is 5.91 Å². The third-order valence-electron chi connectivity index (χ3n) is 2.97. The zero-order valence-corrected chi connectivity index (χ0v) is 11.1. The second-order valence-electron chi connectivity index (χ2n) is 4.22. The number of carbonyl (C=O) groups excluding carboxylic acids is 2. The van der Waals surface area contributed by atoms with E-state index in [0.717, 1.165) is 6.42 Å². The maximum Gasteiger partial charge on any atom is 0.273 e. The van der Waals surface area contributed by atoms with E-state index in [9.17, 15) is 9.59 Å². The van der Waals surface area contributed by atoms with Gasteiger partial charge in [-0.1, -0.05) is 0 Å². The molecule has 2 heterocycles. The number of rotatable bonds is 1. The molecule has 18 heavy (non-hydrogen) atoms. The highest BCUT2D eigenvalue weighted by Gasteiger charge is 2.22. The Balaban J connectivity index is 2.02. The van der Waals surface area contributed by atoms with E-state index in [-0.39, 0.29) is 11.8 Å². The molecule has 0 aromatic carbocycles. The molecule has 0 unspecified atom stereocenters. The lowest BCUT2D eigenvalue weighted by Crippen LogP contribution is -2.36. The first-order chi connectivity index (χ1) is 8.58. The van der Waals surface area contributed by atoms with Crippen LogP contribution >= 0.6 is 11.3 Å². The minimum absolute atomic E-state index is 0.0576.